The maximum absolute atomic E-state index is 13.9. The normalized spacial score (nSPS) is 13.0. The lowest BCUT2D eigenvalue weighted by Gasteiger charge is -2.36. The van der Waals surface area contributed by atoms with E-state index in [9.17, 15) is 9.59 Å². The number of piperazine rings is 1. The summed E-state index contributed by atoms with van der Waals surface area (Å²) < 4.78 is 3.16. The predicted molar refractivity (Wildman–Crippen MR) is 195 cm³/mol. The molecule has 6 aromatic rings. The SMILES string of the molecule is N#Cc1ccc(Cn2cncc2CN(C(=O)c2ccccc2)c2ccc(N3CCN(C(=O)Cc4csc5ccc(Cl)cc45)CC3)cc2)cc1. The van der Waals surface area contributed by atoms with Crippen LogP contribution in [0.2, 0.25) is 5.02 Å². The zero-order chi connectivity index (χ0) is 33.7. The van der Waals surface area contributed by atoms with Gasteiger partial charge in [0.05, 0.1) is 36.6 Å². The van der Waals surface area contributed by atoms with E-state index in [-0.39, 0.29) is 11.8 Å². The minimum atomic E-state index is -0.104. The third kappa shape index (κ3) is 7.21. The Labute approximate surface area is 294 Å². The van der Waals surface area contributed by atoms with Crippen LogP contribution in [0.15, 0.2) is 115 Å². The zero-order valence-corrected chi connectivity index (χ0v) is 28.3. The molecule has 244 valence electrons. The number of aromatic nitrogens is 2. The Morgan fingerprint density at radius 3 is 2.41 bits per heavy atom. The van der Waals surface area contributed by atoms with Crippen molar-refractivity contribution in [1.82, 2.24) is 14.5 Å². The van der Waals surface area contributed by atoms with E-state index < -0.39 is 0 Å². The van der Waals surface area contributed by atoms with Gasteiger partial charge in [0.15, 0.2) is 0 Å². The van der Waals surface area contributed by atoms with E-state index in [2.05, 4.69) is 21.3 Å². The van der Waals surface area contributed by atoms with Crippen molar-refractivity contribution in [3.05, 3.63) is 148 Å². The van der Waals surface area contributed by atoms with Gasteiger partial charge in [0.2, 0.25) is 5.91 Å². The summed E-state index contributed by atoms with van der Waals surface area (Å²) in [5.41, 5.74) is 5.99. The van der Waals surface area contributed by atoms with Gasteiger partial charge in [-0.1, -0.05) is 41.9 Å². The quantitative estimate of drug-likeness (QED) is 0.158. The lowest BCUT2D eigenvalue weighted by atomic mass is 10.1. The fraction of sp³-hybridized carbons (Fsp3) is 0.179. The molecule has 1 fully saturated rings. The summed E-state index contributed by atoms with van der Waals surface area (Å²) in [6.45, 7) is 3.64. The van der Waals surface area contributed by atoms with Crippen molar-refractivity contribution in [2.24, 2.45) is 0 Å². The van der Waals surface area contributed by atoms with Gasteiger partial charge in [-0.15, -0.1) is 11.3 Å². The first kappa shape index (κ1) is 32.1. The number of imidazole rings is 1. The maximum atomic E-state index is 13.9. The van der Waals surface area contributed by atoms with Crippen LogP contribution in [0.3, 0.4) is 0 Å². The summed E-state index contributed by atoms with van der Waals surface area (Å²) in [7, 11) is 0. The van der Waals surface area contributed by atoms with Gasteiger partial charge in [0, 0.05) is 65.6 Å². The largest absolute Gasteiger partial charge is 0.368 e. The summed E-state index contributed by atoms with van der Waals surface area (Å²) in [6, 6.07) is 32.8. The monoisotopic (exact) mass is 684 g/mol. The lowest BCUT2D eigenvalue weighted by Crippen LogP contribution is -2.49. The smallest absolute Gasteiger partial charge is 0.258 e. The van der Waals surface area contributed by atoms with E-state index >= 15 is 0 Å². The number of carbonyl (C=O) groups is 2. The second kappa shape index (κ2) is 14.4. The molecule has 3 heterocycles. The molecular formula is C39H33ClN6O2S. The third-order valence-corrected chi connectivity index (χ3v) is 10.2. The van der Waals surface area contributed by atoms with Gasteiger partial charge < -0.3 is 19.3 Å². The van der Waals surface area contributed by atoms with Gasteiger partial charge in [-0.2, -0.15) is 5.26 Å². The van der Waals surface area contributed by atoms with E-state index in [0.29, 0.717) is 48.7 Å². The fourth-order valence-corrected chi connectivity index (χ4v) is 7.32. The van der Waals surface area contributed by atoms with E-state index in [1.807, 2.05) is 94.4 Å². The second-order valence-corrected chi connectivity index (χ2v) is 13.4. The van der Waals surface area contributed by atoms with Crippen molar-refractivity contribution in [3.8, 4) is 6.07 Å². The first-order valence-corrected chi connectivity index (χ1v) is 17.3. The van der Waals surface area contributed by atoms with Crippen molar-refractivity contribution >= 4 is 56.2 Å². The Morgan fingerprint density at radius 1 is 0.918 bits per heavy atom. The first-order chi connectivity index (χ1) is 23.9. The Kier molecular flexibility index (Phi) is 9.42. The van der Waals surface area contributed by atoms with Crippen LogP contribution in [0, 0.1) is 11.3 Å². The van der Waals surface area contributed by atoms with Crippen molar-refractivity contribution in [1.29, 1.82) is 5.26 Å². The van der Waals surface area contributed by atoms with Crippen LogP contribution in [0.4, 0.5) is 11.4 Å². The molecule has 0 aliphatic carbocycles. The van der Waals surface area contributed by atoms with Crippen LogP contribution < -0.4 is 9.80 Å². The Bertz CT molecular complexity index is 2130. The van der Waals surface area contributed by atoms with Gasteiger partial charge in [-0.25, -0.2) is 4.98 Å². The Balaban J connectivity index is 1.04. The summed E-state index contributed by atoms with van der Waals surface area (Å²) in [6.07, 6.45) is 3.93. The minimum absolute atomic E-state index is 0.104. The van der Waals surface area contributed by atoms with Gasteiger partial charge in [-0.05, 0) is 88.6 Å². The topological polar surface area (TPSA) is 85.5 Å². The van der Waals surface area contributed by atoms with Crippen molar-refractivity contribution in [3.63, 3.8) is 0 Å². The van der Waals surface area contributed by atoms with Crippen molar-refractivity contribution in [2.75, 3.05) is 36.0 Å². The van der Waals surface area contributed by atoms with Crippen LogP contribution >= 0.6 is 22.9 Å². The highest BCUT2D eigenvalue weighted by atomic mass is 35.5. The maximum Gasteiger partial charge on any atom is 0.258 e. The van der Waals surface area contributed by atoms with Crippen molar-refractivity contribution < 1.29 is 9.59 Å². The molecule has 2 aromatic heterocycles. The number of thiophene rings is 1. The third-order valence-electron chi connectivity index (χ3n) is 8.94. The first-order valence-electron chi connectivity index (χ1n) is 16.1. The number of rotatable bonds is 9. The highest BCUT2D eigenvalue weighted by molar-refractivity contribution is 7.17. The number of fused-ring (bicyclic) bond motifs is 1. The standard InChI is InChI=1S/C39H33ClN6O2S/c40-32-10-15-37-36(21-32)31(26-49-37)20-38(47)44-18-16-43(17-19-44)33-11-13-34(14-12-33)46(39(48)30-4-2-1-3-5-30)25-35-23-42-27-45(35)24-29-8-6-28(22-41)7-9-29/h1-15,21,23,26-27H,16-20,24-25H2. The van der Waals surface area contributed by atoms with Gasteiger partial charge in [-0.3, -0.25) is 9.59 Å². The van der Waals surface area contributed by atoms with Gasteiger partial charge in [0.25, 0.3) is 5.91 Å². The van der Waals surface area contributed by atoms with Crippen molar-refractivity contribution in [2.45, 2.75) is 19.5 Å². The molecule has 0 radical (unpaired) electrons. The molecule has 0 saturated carbocycles. The molecule has 1 aliphatic heterocycles. The number of benzene rings is 4. The molecule has 7 rings (SSSR count). The number of hydrogen-bond acceptors (Lipinski definition) is 6. The lowest BCUT2D eigenvalue weighted by molar-refractivity contribution is -0.130. The average molecular weight is 685 g/mol. The molecule has 2 amide bonds. The fourth-order valence-electron chi connectivity index (χ4n) is 6.21. The van der Waals surface area contributed by atoms with Crippen LogP contribution in [0.25, 0.3) is 10.1 Å². The molecule has 8 nitrogen and oxygen atoms in total. The molecule has 0 atom stereocenters. The minimum Gasteiger partial charge on any atom is -0.368 e. The summed E-state index contributed by atoms with van der Waals surface area (Å²) in [5, 5.41) is 12.9. The number of halogens is 1. The number of nitriles is 1. The molecule has 49 heavy (non-hydrogen) atoms. The number of amides is 2. The van der Waals surface area contributed by atoms with Gasteiger partial charge >= 0.3 is 0 Å². The number of hydrogen-bond donors (Lipinski definition) is 0. The second-order valence-electron chi connectivity index (χ2n) is 12.0. The van der Waals surface area contributed by atoms with Crippen LogP contribution in [0.1, 0.15) is 32.7 Å². The van der Waals surface area contributed by atoms with E-state index in [1.54, 1.807) is 40.9 Å². The van der Waals surface area contributed by atoms with Crippen LogP contribution in [0.5, 0.6) is 0 Å². The Morgan fingerprint density at radius 2 is 1.67 bits per heavy atom. The summed E-state index contributed by atoms with van der Waals surface area (Å²) in [4.78, 5) is 37.6. The number of carbonyl (C=O) groups excluding carboxylic acids is 2. The molecular weight excluding hydrogens is 652 g/mol. The van der Waals surface area contributed by atoms with E-state index in [1.165, 1.54) is 0 Å². The molecule has 0 N–H and O–H groups in total. The molecule has 0 spiro atoms. The van der Waals surface area contributed by atoms with E-state index in [4.69, 9.17) is 16.9 Å². The number of anilines is 2. The highest BCUT2D eigenvalue weighted by Gasteiger charge is 2.24. The molecule has 10 heteroatoms. The average Bonchev–Trinajstić information content (AvgIpc) is 3.76. The molecule has 0 unspecified atom stereocenters. The van der Waals surface area contributed by atoms with Crippen LogP contribution in [-0.4, -0.2) is 52.4 Å². The number of nitrogens with zero attached hydrogens (tertiary/aromatic N) is 6. The van der Waals surface area contributed by atoms with Crippen LogP contribution in [-0.2, 0) is 24.3 Å². The summed E-state index contributed by atoms with van der Waals surface area (Å²) in [5.74, 6) is 0.0236. The highest BCUT2D eigenvalue weighted by Crippen LogP contribution is 2.30. The molecule has 1 saturated heterocycles. The molecule has 0 bridgehead atoms. The molecule has 4 aromatic carbocycles. The predicted octanol–water partition coefficient (Wildman–Crippen LogP) is 7.41. The van der Waals surface area contributed by atoms with Gasteiger partial charge in [0.1, 0.15) is 0 Å². The summed E-state index contributed by atoms with van der Waals surface area (Å²) >= 11 is 7.86. The zero-order valence-electron chi connectivity index (χ0n) is 26.7. The van der Waals surface area contributed by atoms with E-state index in [0.717, 1.165) is 51.4 Å². The molecule has 1 aliphatic rings. The Hall–Kier alpha value is -5.43.